The van der Waals surface area contributed by atoms with Gasteiger partial charge in [0.2, 0.25) is 0 Å². The molecule has 0 bridgehead atoms. The van der Waals surface area contributed by atoms with Crippen LogP contribution < -0.4 is 4.74 Å². The summed E-state index contributed by atoms with van der Waals surface area (Å²) in [6.45, 7) is -0.354. The minimum Gasteiger partial charge on any atom is -0.494 e. The lowest BCUT2D eigenvalue weighted by Gasteiger charge is -2.07. The highest BCUT2D eigenvalue weighted by Gasteiger charge is 2.20. The third-order valence-electron chi connectivity index (χ3n) is 3.65. The molecule has 0 aliphatic heterocycles. The van der Waals surface area contributed by atoms with E-state index in [9.17, 15) is 14.0 Å². The Hall–Kier alpha value is -3.20. The van der Waals surface area contributed by atoms with Crippen molar-refractivity contribution >= 4 is 22.7 Å². The zero-order valence-corrected chi connectivity index (χ0v) is 13.5. The van der Waals surface area contributed by atoms with Gasteiger partial charge in [-0.15, -0.1) is 0 Å². The molecule has 2 aromatic carbocycles. The molecule has 1 aromatic heterocycles. The first-order valence-electron chi connectivity index (χ1n) is 7.74. The lowest BCUT2D eigenvalue weighted by atomic mass is 10.1. The van der Waals surface area contributed by atoms with Crippen LogP contribution in [-0.2, 0) is 0 Å². The molecule has 0 N–H and O–H groups in total. The second-order valence-electron chi connectivity index (χ2n) is 5.24. The van der Waals surface area contributed by atoms with Gasteiger partial charge in [-0.1, -0.05) is 24.3 Å². The average Bonchev–Trinajstić information content (AvgIpc) is 3.00. The minimum absolute atomic E-state index is 0.0485. The largest absolute Gasteiger partial charge is 0.494 e. The lowest BCUT2D eigenvalue weighted by molar-refractivity contribution is 0.0738. The van der Waals surface area contributed by atoms with E-state index in [1.54, 1.807) is 48.5 Å². The van der Waals surface area contributed by atoms with Gasteiger partial charge in [-0.05, 0) is 42.8 Å². The zero-order valence-electron chi connectivity index (χ0n) is 13.5. The van der Waals surface area contributed by atoms with E-state index in [4.69, 9.17) is 4.74 Å². The molecule has 0 aliphatic carbocycles. The highest BCUT2D eigenvalue weighted by atomic mass is 19.3. The summed E-state index contributed by atoms with van der Waals surface area (Å²) in [5, 5.41) is 9.47. The van der Waals surface area contributed by atoms with Crippen LogP contribution in [-0.4, -0.2) is 16.2 Å². The van der Waals surface area contributed by atoms with E-state index >= 15 is 0 Å². The first-order chi connectivity index (χ1) is 12.1. The van der Waals surface area contributed by atoms with Crippen LogP contribution in [0.4, 0.5) is 8.78 Å². The number of fused-ring (bicyclic) bond motifs is 1. The Bertz CT molecular complexity index is 953. The molecule has 0 saturated carbocycles. The molecule has 0 fully saturated rings. The number of benzene rings is 2. The van der Waals surface area contributed by atoms with E-state index in [-0.39, 0.29) is 11.4 Å². The number of ether oxygens (including phenoxy) is 1. The van der Waals surface area contributed by atoms with Crippen LogP contribution in [0.2, 0.25) is 0 Å². The van der Waals surface area contributed by atoms with Crippen LogP contribution in [0.25, 0.3) is 22.7 Å². The van der Waals surface area contributed by atoms with Gasteiger partial charge in [-0.3, -0.25) is 4.57 Å². The average molecular weight is 339 g/mol. The van der Waals surface area contributed by atoms with Crippen molar-refractivity contribution in [3.8, 4) is 11.8 Å². The van der Waals surface area contributed by atoms with Crippen molar-refractivity contribution in [3.05, 3.63) is 59.9 Å². The molecule has 0 radical (unpaired) electrons. The lowest BCUT2D eigenvalue weighted by Crippen LogP contribution is -2.03. The minimum atomic E-state index is -2.79. The van der Waals surface area contributed by atoms with Crippen molar-refractivity contribution in [2.45, 2.75) is 13.5 Å². The van der Waals surface area contributed by atoms with Crippen molar-refractivity contribution in [3.63, 3.8) is 0 Å². The maximum absolute atomic E-state index is 13.5. The molecule has 1 heterocycles. The highest BCUT2D eigenvalue weighted by molar-refractivity contribution is 5.91. The normalized spacial score (nSPS) is 11.7. The SMILES string of the molecule is CCOc1ccc(C=C(C#N)c2nc3ccccc3n2C(F)F)cc1. The summed E-state index contributed by atoms with van der Waals surface area (Å²) in [4.78, 5) is 4.22. The Balaban J connectivity index is 2.08. The highest BCUT2D eigenvalue weighted by Crippen LogP contribution is 2.28. The molecule has 0 unspecified atom stereocenters. The van der Waals surface area contributed by atoms with Crippen LogP contribution in [0.1, 0.15) is 24.9 Å². The van der Waals surface area contributed by atoms with Crippen molar-refractivity contribution in [1.82, 2.24) is 9.55 Å². The second-order valence-corrected chi connectivity index (χ2v) is 5.24. The van der Waals surface area contributed by atoms with Crippen molar-refractivity contribution in [2.24, 2.45) is 0 Å². The van der Waals surface area contributed by atoms with Gasteiger partial charge in [0.25, 0.3) is 0 Å². The van der Waals surface area contributed by atoms with Crippen LogP contribution in [0.15, 0.2) is 48.5 Å². The first kappa shape index (κ1) is 16.7. The van der Waals surface area contributed by atoms with E-state index in [1.807, 2.05) is 13.0 Å². The number of allylic oxidation sites excluding steroid dienone is 1. The van der Waals surface area contributed by atoms with Crippen molar-refractivity contribution in [2.75, 3.05) is 6.61 Å². The Morgan fingerprint density at radius 3 is 2.60 bits per heavy atom. The number of alkyl halides is 2. The van der Waals surface area contributed by atoms with E-state index < -0.39 is 6.55 Å². The number of nitriles is 1. The number of nitrogens with zero attached hydrogens (tertiary/aromatic N) is 3. The van der Waals surface area contributed by atoms with Gasteiger partial charge in [-0.25, -0.2) is 4.98 Å². The van der Waals surface area contributed by atoms with Gasteiger partial charge in [0.1, 0.15) is 11.8 Å². The summed E-state index contributed by atoms with van der Waals surface area (Å²) in [6.07, 6.45) is 1.54. The molecular weight excluding hydrogens is 324 g/mol. The number of hydrogen-bond donors (Lipinski definition) is 0. The summed E-state index contributed by atoms with van der Waals surface area (Å²) < 4.78 is 33.2. The van der Waals surface area contributed by atoms with E-state index in [0.717, 1.165) is 4.57 Å². The van der Waals surface area contributed by atoms with Crippen molar-refractivity contribution in [1.29, 1.82) is 5.26 Å². The predicted molar refractivity (Wildman–Crippen MR) is 92.1 cm³/mol. The standard InChI is InChI=1S/C19H15F2N3O/c1-2-25-15-9-7-13(8-10-15)11-14(12-22)18-23-16-5-3-4-6-17(16)24(18)19(20)21/h3-11,19H,2H2,1H3. The van der Waals surface area contributed by atoms with Gasteiger partial charge in [0.15, 0.2) is 5.82 Å². The van der Waals surface area contributed by atoms with Gasteiger partial charge in [0, 0.05) is 0 Å². The maximum Gasteiger partial charge on any atom is 0.320 e. The molecule has 6 heteroatoms. The molecular formula is C19H15F2N3O. The fourth-order valence-electron chi connectivity index (χ4n) is 2.57. The summed E-state index contributed by atoms with van der Waals surface area (Å²) in [5.41, 5.74) is 1.49. The molecule has 0 amide bonds. The number of aromatic nitrogens is 2. The fraction of sp³-hybridized carbons (Fsp3) is 0.158. The maximum atomic E-state index is 13.5. The molecule has 0 spiro atoms. The zero-order chi connectivity index (χ0) is 17.8. The Labute approximate surface area is 143 Å². The molecule has 126 valence electrons. The molecule has 3 aromatic rings. The number of imidazole rings is 1. The van der Waals surface area contributed by atoms with Crippen LogP contribution in [0.5, 0.6) is 5.75 Å². The quantitative estimate of drug-likeness (QED) is 0.622. The number of hydrogen-bond acceptors (Lipinski definition) is 3. The van der Waals surface area contributed by atoms with E-state index in [0.29, 0.717) is 29.0 Å². The Kier molecular flexibility index (Phi) is 4.75. The summed E-state index contributed by atoms with van der Waals surface area (Å²) in [6, 6.07) is 15.6. The second kappa shape index (κ2) is 7.14. The smallest absolute Gasteiger partial charge is 0.320 e. The molecule has 25 heavy (non-hydrogen) atoms. The molecule has 0 saturated heterocycles. The Morgan fingerprint density at radius 1 is 1.24 bits per heavy atom. The van der Waals surface area contributed by atoms with Crippen LogP contribution in [0.3, 0.4) is 0 Å². The molecule has 3 rings (SSSR count). The van der Waals surface area contributed by atoms with Crippen molar-refractivity contribution < 1.29 is 13.5 Å². The van der Waals surface area contributed by atoms with Gasteiger partial charge in [-0.2, -0.15) is 14.0 Å². The molecule has 0 aliphatic rings. The topological polar surface area (TPSA) is 50.8 Å². The number of para-hydroxylation sites is 2. The van der Waals surface area contributed by atoms with E-state index in [2.05, 4.69) is 4.98 Å². The van der Waals surface area contributed by atoms with Crippen LogP contribution >= 0.6 is 0 Å². The third-order valence-corrected chi connectivity index (χ3v) is 3.65. The third kappa shape index (κ3) is 3.36. The monoisotopic (exact) mass is 339 g/mol. The predicted octanol–water partition coefficient (Wildman–Crippen LogP) is 4.89. The van der Waals surface area contributed by atoms with Crippen LogP contribution in [0, 0.1) is 11.3 Å². The summed E-state index contributed by atoms with van der Waals surface area (Å²) >= 11 is 0. The van der Waals surface area contributed by atoms with Gasteiger partial charge in [0.05, 0.1) is 23.2 Å². The summed E-state index contributed by atoms with van der Waals surface area (Å²) in [7, 11) is 0. The fourth-order valence-corrected chi connectivity index (χ4v) is 2.57. The Morgan fingerprint density at radius 2 is 1.96 bits per heavy atom. The molecule has 0 atom stereocenters. The molecule has 4 nitrogen and oxygen atoms in total. The number of rotatable bonds is 5. The van der Waals surface area contributed by atoms with E-state index in [1.165, 1.54) is 6.08 Å². The number of halogens is 2. The summed E-state index contributed by atoms with van der Waals surface area (Å²) in [5.74, 6) is 0.658. The van der Waals surface area contributed by atoms with Gasteiger partial charge < -0.3 is 4.74 Å². The first-order valence-corrected chi connectivity index (χ1v) is 7.74. The van der Waals surface area contributed by atoms with Gasteiger partial charge >= 0.3 is 6.55 Å².